The van der Waals surface area contributed by atoms with Crippen molar-refractivity contribution >= 4 is 17.1 Å². The van der Waals surface area contributed by atoms with Gasteiger partial charge in [-0.15, -0.1) is 0 Å². The lowest BCUT2D eigenvalue weighted by Crippen LogP contribution is -2.26. The van der Waals surface area contributed by atoms with Gasteiger partial charge in [0.05, 0.1) is 11.9 Å². The lowest BCUT2D eigenvalue weighted by molar-refractivity contribution is -0.141. The maximum Gasteiger partial charge on any atom is 0.433 e. The van der Waals surface area contributed by atoms with E-state index in [4.69, 9.17) is 5.73 Å². The number of nitrogens with two attached hydrogens (primary N) is 1. The van der Waals surface area contributed by atoms with Gasteiger partial charge in [0.2, 0.25) is 0 Å². The Morgan fingerprint density at radius 2 is 2.00 bits per heavy atom. The molecule has 0 amide bonds. The largest absolute Gasteiger partial charge is 0.433 e. The van der Waals surface area contributed by atoms with Crippen molar-refractivity contribution in [3.63, 3.8) is 0 Å². The molecule has 1 aliphatic rings. The van der Waals surface area contributed by atoms with Crippen LogP contribution in [0.25, 0.3) is 0 Å². The highest BCUT2D eigenvalue weighted by Gasteiger charge is 2.32. The predicted octanol–water partition coefficient (Wildman–Crippen LogP) is 3.41. The first kappa shape index (κ1) is 16.6. The van der Waals surface area contributed by atoms with E-state index < -0.39 is 11.9 Å². The molecule has 1 aromatic heterocycles. The van der Waals surface area contributed by atoms with E-state index in [9.17, 15) is 13.2 Å². The van der Waals surface area contributed by atoms with E-state index in [1.165, 1.54) is 12.3 Å². The molecule has 24 heavy (non-hydrogen) atoms. The van der Waals surface area contributed by atoms with Gasteiger partial charge < -0.3 is 15.5 Å². The highest BCUT2D eigenvalue weighted by Crippen LogP contribution is 2.31. The second kappa shape index (κ2) is 6.32. The third-order valence-corrected chi connectivity index (χ3v) is 4.23. The average Bonchev–Trinajstić information content (AvgIpc) is 3.00. The zero-order valence-electron chi connectivity index (χ0n) is 13.3. The fraction of sp³-hybridized carbons (Fsp3) is 0.353. The summed E-state index contributed by atoms with van der Waals surface area (Å²) >= 11 is 0. The molecule has 0 unspecified atom stereocenters. The Kier molecular flexibility index (Phi) is 4.36. The minimum absolute atomic E-state index is 0.186. The molecule has 1 aromatic carbocycles. The van der Waals surface area contributed by atoms with Crippen molar-refractivity contribution in [1.29, 1.82) is 0 Å². The maximum atomic E-state index is 12.6. The van der Waals surface area contributed by atoms with Crippen LogP contribution in [0.2, 0.25) is 0 Å². The van der Waals surface area contributed by atoms with Gasteiger partial charge in [0.25, 0.3) is 0 Å². The van der Waals surface area contributed by atoms with Gasteiger partial charge in [0.1, 0.15) is 5.69 Å². The summed E-state index contributed by atoms with van der Waals surface area (Å²) in [6.45, 7) is 1.73. The standard InChI is InChI=1S/C17H19F3N4/c1-23(15-5-6-16(22-10-15)17(18,19)20)13-3-2-4-14(9-13)24-8-7-12(21)11-24/h2-6,9-10,12H,7-8,11,21H2,1H3/t12-/m0/s1. The molecule has 1 fully saturated rings. The van der Waals surface area contributed by atoms with Crippen molar-refractivity contribution in [1.82, 2.24) is 4.98 Å². The SMILES string of the molecule is CN(c1ccc(C(F)(F)F)nc1)c1cccc(N2CC[C@H](N)C2)c1. The number of anilines is 3. The average molecular weight is 336 g/mol. The highest BCUT2D eigenvalue weighted by molar-refractivity contribution is 5.67. The number of benzene rings is 1. The zero-order chi connectivity index (χ0) is 17.3. The monoisotopic (exact) mass is 336 g/mol. The van der Waals surface area contributed by atoms with E-state index in [0.717, 1.165) is 37.0 Å². The molecule has 1 saturated heterocycles. The van der Waals surface area contributed by atoms with Crippen molar-refractivity contribution in [3.05, 3.63) is 48.3 Å². The number of nitrogens with zero attached hydrogens (tertiary/aromatic N) is 3. The molecule has 2 aromatic rings. The normalized spacial score (nSPS) is 18.0. The molecular weight excluding hydrogens is 317 g/mol. The molecule has 128 valence electrons. The summed E-state index contributed by atoms with van der Waals surface area (Å²) in [4.78, 5) is 7.54. The zero-order valence-corrected chi connectivity index (χ0v) is 13.3. The van der Waals surface area contributed by atoms with Crippen molar-refractivity contribution in [2.24, 2.45) is 5.73 Å². The minimum Gasteiger partial charge on any atom is -0.370 e. The van der Waals surface area contributed by atoms with Gasteiger partial charge in [-0.25, -0.2) is 4.98 Å². The van der Waals surface area contributed by atoms with Gasteiger partial charge in [-0.3, -0.25) is 0 Å². The molecule has 4 nitrogen and oxygen atoms in total. The van der Waals surface area contributed by atoms with Gasteiger partial charge in [-0.1, -0.05) is 6.07 Å². The first-order chi connectivity index (χ1) is 11.3. The summed E-state index contributed by atoms with van der Waals surface area (Å²) in [5, 5.41) is 0. The van der Waals surface area contributed by atoms with Gasteiger partial charge in [0.15, 0.2) is 0 Å². The maximum absolute atomic E-state index is 12.6. The number of hydrogen-bond acceptors (Lipinski definition) is 4. The summed E-state index contributed by atoms with van der Waals surface area (Å²) in [5.41, 5.74) is 7.60. The summed E-state index contributed by atoms with van der Waals surface area (Å²) in [7, 11) is 1.80. The van der Waals surface area contributed by atoms with E-state index >= 15 is 0 Å². The molecular formula is C17H19F3N4. The Bertz CT molecular complexity index is 700. The van der Waals surface area contributed by atoms with Crippen molar-refractivity contribution in [3.8, 4) is 0 Å². The minimum atomic E-state index is -4.43. The highest BCUT2D eigenvalue weighted by atomic mass is 19.4. The summed E-state index contributed by atoms with van der Waals surface area (Å²) in [6.07, 6.45) is -2.23. The Balaban J connectivity index is 1.81. The van der Waals surface area contributed by atoms with Crippen LogP contribution in [0.3, 0.4) is 0 Å². The van der Waals surface area contributed by atoms with Crippen LogP contribution in [0.4, 0.5) is 30.2 Å². The predicted molar refractivity (Wildman–Crippen MR) is 88.5 cm³/mol. The van der Waals surface area contributed by atoms with Crippen molar-refractivity contribution < 1.29 is 13.2 Å². The smallest absolute Gasteiger partial charge is 0.370 e. The molecule has 3 rings (SSSR count). The number of hydrogen-bond donors (Lipinski definition) is 1. The second-order valence-electron chi connectivity index (χ2n) is 5.97. The van der Waals surface area contributed by atoms with Crippen LogP contribution < -0.4 is 15.5 Å². The first-order valence-electron chi connectivity index (χ1n) is 7.72. The third-order valence-electron chi connectivity index (χ3n) is 4.23. The van der Waals surface area contributed by atoms with Gasteiger partial charge in [-0.05, 0) is 36.8 Å². The van der Waals surface area contributed by atoms with E-state index in [1.807, 2.05) is 29.2 Å². The fourth-order valence-corrected chi connectivity index (χ4v) is 2.82. The van der Waals surface area contributed by atoms with E-state index in [-0.39, 0.29) is 6.04 Å². The molecule has 0 saturated carbocycles. The Morgan fingerprint density at radius 1 is 1.21 bits per heavy atom. The molecule has 2 heterocycles. The molecule has 7 heteroatoms. The third kappa shape index (κ3) is 3.46. The van der Waals surface area contributed by atoms with Crippen LogP contribution in [0.1, 0.15) is 12.1 Å². The number of rotatable bonds is 3. The topological polar surface area (TPSA) is 45.4 Å². The molecule has 0 bridgehead atoms. The lowest BCUT2D eigenvalue weighted by atomic mass is 10.2. The van der Waals surface area contributed by atoms with E-state index in [2.05, 4.69) is 9.88 Å². The van der Waals surface area contributed by atoms with Crippen molar-refractivity contribution in [2.75, 3.05) is 29.9 Å². The molecule has 1 atom stereocenters. The van der Waals surface area contributed by atoms with Crippen LogP contribution in [0, 0.1) is 0 Å². The van der Waals surface area contributed by atoms with Crippen molar-refractivity contribution in [2.45, 2.75) is 18.6 Å². The molecule has 1 aliphatic heterocycles. The number of pyridine rings is 1. The molecule has 2 N–H and O–H groups in total. The second-order valence-corrected chi connectivity index (χ2v) is 5.97. The fourth-order valence-electron chi connectivity index (χ4n) is 2.82. The Labute approximate surface area is 138 Å². The van der Waals surface area contributed by atoms with Crippen LogP contribution in [-0.4, -0.2) is 31.2 Å². The Morgan fingerprint density at radius 3 is 2.58 bits per heavy atom. The molecule has 0 spiro atoms. The quantitative estimate of drug-likeness (QED) is 0.933. The summed E-state index contributed by atoms with van der Waals surface area (Å²) in [5.74, 6) is 0. The van der Waals surface area contributed by atoms with Crippen LogP contribution in [-0.2, 0) is 6.18 Å². The van der Waals surface area contributed by atoms with E-state index in [1.54, 1.807) is 7.05 Å². The van der Waals surface area contributed by atoms with Gasteiger partial charge >= 0.3 is 6.18 Å². The first-order valence-corrected chi connectivity index (χ1v) is 7.72. The summed E-state index contributed by atoms with van der Waals surface area (Å²) < 4.78 is 37.8. The van der Waals surface area contributed by atoms with E-state index in [0.29, 0.717) is 5.69 Å². The molecule has 0 aliphatic carbocycles. The lowest BCUT2D eigenvalue weighted by Gasteiger charge is -2.23. The summed E-state index contributed by atoms with van der Waals surface area (Å²) in [6, 6.07) is 10.5. The van der Waals surface area contributed by atoms with Crippen LogP contribution >= 0.6 is 0 Å². The molecule has 0 radical (unpaired) electrons. The number of aromatic nitrogens is 1. The van der Waals surface area contributed by atoms with Gasteiger partial charge in [0, 0.05) is 37.6 Å². The van der Waals surface area contributed by atoms with Gasteiger partial charge in [-0.2, -0.15) is 13.2 Å². The Hall–Kier alpha value is -2.28. The number of halogens is 3. The van der Waals surface area contributed by atoms with Crippen LogP contribution in [0.5, 0.6) is 0 Å². The number of alkyl halides is 3. The van der Waals surface area contributed by atoms with Crippen LogP contribution in [0.15, 0.2) is 42.6 Å².